The second kappa shape index (κ2) is 5.74. The molecule has 0 bridgehead atoms. The molecule has 1 nitrogen and oxygen atoms in total. The van der Waals surface area contributed by atoms with Crippen molar-refractivity contribution in [1.82, 2.24) is 0 Å². The van der Waals surface area contributed by atoms with E-state index in [1.54, 1.807) is 0 Å². The first-order valence-electron chi connectivity index (χ1n) is 5.12. The Hall–Kier alpha value is -0.850. The van der Waals surface area contributed by atoms with Crippen molar-refractivity contribution < 1.29 is 4.79 Å². The van der Waals surface area contributed by atoms with Gasteiger partial charge < -0.3 is 0 Å². The van der Waals surface area contributed by atoms with Gasteiger partial charge in [-0.2, -0.15) is 0 Å². The normalized spacial score (nSPS) is 21.2. The van der Waals surface area contributed by atoms with Crippen LogP contribution in [-0.2, 0) is 4.79 Å². The van der Waals surface area contributed by atoms with Gasteiger partial charge in [-0.25, -0.2) is 0 Å². The van der Waals surface area contributed by atoms with Gasteiger partial charge in [-0.05, 0) is 32.1 Å². The van der Waals surface area contributed by atoms with E-state index in [2.05, 4.69) is 12.7 Å². The lowest BCUT2D eigenvalue weighted by atomic mass is 10.0. The Kier molecular flexibility index (Phi) is 4.52. The Morgan fingerprint density at radius 1 is 1.08 bits per heavy atom. The molecule has 0 aromatic rings. The van der Waals surface area contributed by atoms with Crippen molar-refractivity contribution in [2.24, 2.45) is 0 Å². The molecule has 0 aliphatic heterocycles. The number of ketones is 1. The van der Waals surface area contributed by atoms with E-state index >= 15 is 0 Å². The van der Waals surface area contributed by atoms with Crippen LogP contribution in [0.25, 0.3) is 0 Å². The molecule has 13 heavy (non-hydrogen) atoms. The molecule has 0 spiro atoms. The number of Topliss-reactive ketones (excluding diaryl/α,β-unsaturated/α-hetero) is 1. The average molecular weight is 178 g/mol. The van der Waals surface area contributed by atoms with Crippen LogP contribution in [0.4, 0.5) is 0 Å². The Bertz CT molecular complexity index is 213. The van der Waals surface area contributed by atoms with Gasteiger partial charge in [-0.1, -0.05) is 24.3 Å². The number of hydrogen-bond acceptors (Lipinski definition) is 1. The van der Waals surface area contributed by atoms with Crippen molar-refractivity contribution >= 4 is 5.78 Å². The zero-order chi connectivity index (χ0) is 9.52. The smallest absolute Gasteiger partial charge is 0.136 e. The highest BCUT2D eigenvalue weighted by molar-refractivity contribution is 5.79. The zero-order valence-electron chi connectivity index (χ0n) is 8.22. The average Bonchev–Trinajstić information content (AvgIpc) is 2.14. The molecule has 0 N–H and O–H groups in total. The van der Waals surface area contributed by atoms with Crippen molar-refractivity contribution in [3.8, 4) is 0 Å². The summed E-state index contributed by atoms with van der Waals surface area (Å²) in [6, 6.07) is 0. The summed E-state index contributed by atoms with van der Waals surface area (Å²) in [5.41, 5.74) is 1.33. The Labute approximate surface area is 80.5 Å². The van der Waals surface area contributed by atoms with Crippen molar-refractivity contribution in [3.63, 3.8) is 0 Å². The quantitative estimate of drug-likeness (QED) is 0.519. The molecule has 0 fully saturated rings. The van der Waals surface area contributed by atoms with Gasteiger partial charge in [-0.15, -0.1) is 0 Å². The van der Waals surface area contributed by atoms with Crippen LogP contribution in [0.1, 0.15) is 44.9 Å². The van der Waals surface area contributed by atoms with E-state index < -0.39 is 0 Å². The molecular weight excluding hydrogens is 160 g/mol. The Balaban J connectivity index is 2.40. The Morgan fingerprint density at radius 3 is 2.69 bits per heavy atom. The lowest BCUT2D eigenvalue weighted by molar-refractivity contribution is -0.118. The second-order valence-corrected chi connectivity index (χ2v) is 3.71. The maximum absolute atomic E-state index is 11.2. The number of rotatable bonds is 0. The van der Waals surface area contributed by atoms with Crippen LogP contribution in [0, 0.1) is 0 Å². The number of carbonyl (C=O) groups excluding carboxylic acids is 1. The molecule has 0 amide bonds. The molecule has 1 aliphatic carbocycles. The fraction of sp³-hybridized carbons (Fsp3) is 0.583. The third kappa shape index (κ3) is 4.66. The van der Waals surface area contributed by atoms with Gasteiger partial charge >= 0.3 is 0 Å². The number of carbonyl (C=O) groups is 1. The van der Waals surface area contributed by atoms with Crippen LogP contribution >= 0.6 is 0 Å². The molecule has 1 heteroatoms. The lowest BCUT2D eigenvalue weighted by Gasteiger charge is -2.01. The largest absolute Gasteiger partial charge is 0.299 e. The fourth-order valence-electron chi connectivity index (χ4n) is 1.54. The van der Waals surface area contributed by atoms with E-state index in [1.807, 2.05) is 6.08 Å². The molecule has 1 aliphatic rings. The highest BCUT2D eigenvalue weighted by Gasteiger charge is 2.01. The molecule has 0 saturated carbocycles. The minimum atomic E-state index is 0.378. The van der Waals surface area contributed by atoms with Gasteiger partial charge in [0.15, 0.2) is 0 Å². The van der Waals surface area contributed by atoms with Crippen molar-refractivity contribution in [2.45, 2.75) is 44.9 Å². The number of hydrogen-bond donors (Lipinski definition) is 0. The Morgan fingerprint density at radius 2 is 1.85 bits per heavy atom. The first kappa shape index (κ1) is 10.2. The highest BCUT2D eigenvalue weighted by Crippen LogP contribution is 2.14. The van der Waals surface area contributed by atoms with E-state index in [-0.39, 0.29) is 0 Å². The van der Waals surface area contributed by atoms with E-state index in [9.17, 15) is 4.79 Å². The summed E-state index contributed by atoms with van der Waals surface area (Å²) in [6.07, 6.45) is 10.9. The zero-order valence-corrected chi connectivity index (χ0v) is 8.22. The summed E-state index contributed by atoms with van der Waals surface area (Å²) >= 11 is 0. The maximum Gasteiger partial charge on any atom is 0.136 e. The van der Waals surface area contributed by atoms with Gasteiger partial charge in [0, 0.05) is 12.8 Å². The van der Waals surface area contributed by atoms with Crippen LogP contribution in [-0.4, -0.2) is 5.78 Å². The molecule has 0 radical (unpaired) electrons. The maximum atomic E-state index is 11.2. The first-order valence-corrected chi connectivity index (χ1v) is 5.12. The van der Waals surface area contributed by atoms with Gasteiger partial charge in [0.1, 0.15) is 5.78 Å². The van der Waals surface area contributed by atoms with E-state index in [0.29, 0.717) is 12.2 Å². The van der Waals surface area contributed by atoms with E-state index in [0.717, 1.165) is 38.5 Å². The summed E-state index contributed by atoms with van der Waals surface area (Å²) in [7, 11) is 0. The molecule has 0 atom stereocenters. The second-order valence-electron chi connectivity index (χ2n) is 3.71. The lowest BCUT2D eigenvalue weighted by Crippen LogP contribution is -1.94. The molecule has 0 saturated heterocycles. The molecule has 0 aromatic heterocycles. The summed E-state index contributed by atoms with van der Waals surface area (Å²) in [5.74, 6) is 0.378. The SMILES string of the molecule is C=C1CCC=CCC(=O)CCCC1. The van der Waals surface area contributed by atoms with E-state index in [4.69, 9.17) is 0 Å². The standard InChI is InChI=1S/C12H18O/c1-11-7-3-2-4-9-12(13)10-6-5-8-11/h2,4H,1,3,5-10H2. The van der Waals surface area contributed by atoms with Gasteiger partial charge in [0.25, 0.3) is 0 Å². The molecule has 0 unspecified atom stereocenters. The first-order chi connectivity index (χ1) is 6.29. The minimum absolute atomic E-state index is 0.378. The summed E-state index contributed by atoms with van der Waals surface area (Å²) in [4.78, 5) is 11.2. The highest BCUT2D eigenvalue weighted by atomic mass is 16.1. The predicted molar refractivity (Wildman–Crippen MR) is 55.6 cm³/mol. The van der Waals surface area contributed by atoms with Crippen LogP contribution in [0.3, 0.4) is 0 Å². The molecule has 1 rings (SSSR count). The van der Waals surface area contributed by atoms with Gasteiger partial charge in [0.2, 0.25) is 0 Å². The van der Waals surface area contributed by atoms with Crippen LogP contribution < -0.4 is 0 Å². The third-order valence-corrected chi connectivity index (χ3v) is 2.41. The van der Waals surface area contributed by atoms with Crippen LogP contribution in [0.5, 0.6) is 0 Å². The molecule has 0 aromatic carbocycles. The topological polar surface area (TPSA) is 17.1 Å². The minimum Gasteiger partial charge on any atom is -0.299 e. The van der Waals surface area contributed by atoms with E-state index in [1.165, 1.54) is 5.57 Å². The van der Waals surface area contributed by atoms with Crippen LogP contribution in [0.15, 0.2) is 24.3 Å². The summed E-state index contributed by atoms with van der Waals surface area (Å²) < 4.78 is 0. The molecule has 72 valence electrons. The van der Waals surface area contributed by atoms with Gasteiger partial charge in [-0.3, -0.25) is 4.79 Å². The van der Waals surface area contributed by atoms with Crippen LogP contribution in [0.2, 0.25) is 0 Å². The van der Waals surface area contributed by atoms with Crippen molar-refractivity contribution in [1.29, 1.82) is 0 Å². The molecule has 0 heterocycles. The van der Waals surface area contributed by atoms with Gasteiger partial charge in [0.05, 0.1) is 0 Å². The van der Waals surface area contributed by atoms with Crippen molar-refractivity contribution in [2.75, 3.05) is 0 Å². The molecular formula is C12H18O. The number of allylic oxidation sites excluding steroid dienone is 3. The third-order valence-electron chi connectivity index (χ3n) is 2.41. The summed E-state index contributed by atoms with van der Waals surface area (Å²) in [6.45, 7) is 4.02. The van der Waals surface area contributed by atoms with Crippen molar-refractivity contribution in [3.05, 3.63) is 24.3 Å². The fourth-order valence-corrected chi connectivity index (χ4v) is 1.54. The predicted octanol–water partition coefficient (Wildman–Crippen LogP) is 3.41. The summed E-state index contributed by atoms with van der Waals surface area (Å²) in [5, 5.41) is 0. The monoisotopic (exact) mass is 178 g/mol.